The van der Waals surface area contributed by atoms with Crippen LogP contribution in [0, 0.1) is 0 Å². The predicted octanol–water partition coefficient (Wildman–Crippen LogP) is -5.19. The SMILES string of the molecule is CC[N](C)[Hf+2][N](C)CC.[Cl-].[Cl-]. The van der Waals surface area contributed by atoms with Gasteiger partial charge in [-0.1, -0.05) is 0 Å². The van der Waals surface area contributed by atoms with Gasteiger partial charge in [0.05, 0.1) is 0 Å². The molecule has 11 heavy (non-hydrogen) atoms. The van der Waals surface area contributed by atoms with E-state index in [9.17, 15) is 0 Å². The van der Waals surface area contributed by atoms with E-state index in [1.807, 2.05) is 0 Å². The van der Waals surface area contributed by atoms with Crippen molar-refractivity contribution in [1.82, 2.24) is 5.78 Å². The first-order chi connectivity index (χ1) is 4.20. The Bertz CT molecular complexity index is 67.6. The zero-order chi connectivity index (χ0) is 7.28. The summed E-state index contributed by atoms with van der Waals surface area (Å²) in [4.78, 5) is 0. The monoisotopic (exact) mass is 366 g/mol. The minimum absolute atomic E-state index is 0. The van der Waals surface area contributed by atoms with Crippen LogP contribution in [0.4, 0.5) is 0 Å². The number of hydrogen-bond donors (Lipinski definition) is 0. The maximum atomic E-state index is 2.48. The molecule has 0 fully saturated rings. The van der Waals surface area contributed by atoms with Crippen LogP contribution in [0.25, 0.3) is 0 Å². The van der Waals surface area contributed by atoms with E-state index < -0.39 is 23.5 Å². The fourth-order valence-corrected chi connectivity index (χ4v) is 3.54. The molecule has 0 radical (unpaired) electrons. The Morgan fingerprint density at radius 3 is 1.36 bits per heavy atom. The first-order valence-corrected chi connectivity index (χ1v) is 6.60. The summed E-state index contributed by atoms with van der Waals surface area (Å²) in [5.74, 6) is 0. The summed E-state index contributed by atoms with van der Waals surface area (Å²) < 4.78 is 4.95. The Hall–Kier alpha value is 1.37. The van der Waals surface area contributed by atoms with Crippen LogP contribution in [0.1, 0.15) is 13.8 Å². The van der Waals surface area contributed by atoms with Crippen molar-refractivity contribution in [2.45, 2.75) is 13.8 Å². The maximum Gasteiger partial charge on any atom is -1.00 e. The van der Waals surface area contributed by atoms with E-state index in [0.29, 0.717) is 0 Å². The van der Waals surface area contributed by atoms with E-state index in [0.717, 1.165) is 0 Å². The van der Waals surface area contributed by atoms with Crippen molar-refractivity contribution in [3.8, 4) is 0 Å². The first-order valence-electron chi connectivity index (χ1n) is 3.39. The van der Waals surface area contributed by atoms with Crippen LogP contribution in [-0.4, -0.2) is 33.0 Å². The molecule has 0 amide bonds. The van der Waals surface area contributed by atoms with Gasteiger partial charge in [0.2, 0.25) is 0 Å². The van der Waals surface area contributed by atoms with Gasteiger partial charge in [0.15, 0.2) is 0 Å². The summed E-state index contributed by atoms with van der Waals surface area (Å²) in [5, 5.41) is 0. The van der Waals surface area contributed by atoms with Crippen LogP contribution in [-0.2, 0) is 23.5 Å². The van der Waals surface area contributed by atoms with E-state index in [1.165, 1.54) is 13.1 Å². The standard InChI is InChI=1S/2C3H8N.2ClH.Hf/c2*1-3-4-2;;;/h2*3H2,1-2H3;2*1H;/q2*-1;;;+4/p-2. The molecule has 0 spiro atoms. The molecule has 0 aromatic rings. The van der Waals surface area contributed by atoms with Crippen molar-refractivity contribution in [2.75, 3.05) is 27.2 Å². The Morgan fingerprint density at radius 2 is 1.18 bits per heavy atom. The summed E-state index contributed by atoms with van der Waals surface area (Å²) >= 11 is -0.533. The van der Waals surface area contributed by atoms with Gasteiger partial charge < -0.3 is 24.8 Å². The number of rotatable bonds is 4. The van der Waals surface area contributed by atoms with Crippen LogP contribution < -0.4 is 24.8 Å². The fraction of sp³-hybridized carbons (Fsp3) is 1.00. The van der Waals surface area contributed by atoms with Gasteiger partial charge in [-0.2, -0.15) is 0 Å². The van der Waals surface area contributed by atoms with Crippen LogP contribution in [0.15, 0.2) is 0 Å². The molecule has 0 atom stereocenters. The van der Waals surface area contributed by atoms with E-state index >= 15 is 0 Å². The Balaban J connectivity index is -0.000000320. The van der Waals surface area contributed by atoms with Crippen LogP contribution in [0.3, 0.4) is 0 Å². The van der Waals surface area contributed by atoms with Gasteiger partial charge in [-0.15, -0.1) is 0 Å². The third kappa shape index (κ3) is 11.4. The molecule has 0 aliphatic carbocycles. The molecule has 5 heteroatoms. The molecule has 0 saturated carbocycles. The summed E-state index contributed by atoms with van der Waals surface area (Å²) in [6, 6.07) is 0. The van der Waals surface area contributed by atoms with Crippen molar-refractivity contribution in [2.24, 2.45) is 0 Å². The smallest absolute Gasteiger partial charge is 1.00 e. The summed E-state index contributed by atoms with van der Waals surface area (Å²) in [7, 11) is 4.44. The number of halogens is 2. The van der Waals surface area contributed by atoms with Gasteiger partial charge in [0, 0.05) is 0 Å². The second kappa shape index (κ2) is 11.4. The second-order valence-corrected chi connectivity index (χ2v) is 8.33. The van der Waals surface area contributed by atoms with Gasteiger partial charge in [-0.05, 0) is 0 Å². The van der Waals surface area contributed by atoms with Crippen LogP contribution >= 0.6 is 0 Å². The molecule has 68 valence electrons. The molecule has 0 aromatic carbocycles. The maximum absolute atomic E-state index is 2.48. The Labute approximate surface area is 94.7 Å². The van der Waals surface area contributed by atoms with Crippen molar-refractivity contribution >= 4 is 0 Å². The molecule has 0 rings (SSSR count). The third-order valence-electron chi connectivity index (χ3n) is 1.29. The summed E-state index contributed by atoms with van der Waals surface area (Å²) in [6.07, 6.45) is 0. The fourth-order valence-electron chi connectivity index (χ4n) is 0.433. The Kier molecular flexibility index (Phi) is 18.8. The number of nitrogens with zero attached hydrogens (tertiary/aromatic N) is 2. The molecule has 0 unspecified atom stereocenters. The van der Waals surface area contributed by atoms with Crippen molar-refractivity contribution in [3.05, 3.63) is 0 Å². The van der Waals surface area contributed by atoms with Crippen molar-refractivity contribution < 1.29 is 48.3 Å². The normalized spacial score (nSPS) is 8.55. The van der Waals surface area contributed by atoms with Gasteiger partial charge >= 0.3 is 70.3 Å². The van der Waals surface area contributed by atoms with Crippen LogP contribution in [0.2, 0.25) is 0 Å². The molecule has 2 nitrogen and oxygen atoms in total. The average molecular weight is 366 g/mol. The van der Waals surface area contributed by atoms with Gasteiger partial charge in [-0.3, -0.25) is 0 Å². The van der Waals surface area contributed by atoms with Gasteiger partial charge in [0.1, 0.15) is 0 Å². The van der Waals surface area contributed by atoms with E-state index in [2.05, 4.69) is 33.7 Å². The Morgan fingerprint density at radius 1 is 0.909 bits per heavy atom. The third-order valence-corrected chi connectivity index (χ3v) is 6.02. The van der Waals surface area contributed by atoms with Gasteiger partial charge in [-0.25, -0.2) is 0 Å². The molecular formula is C6H16Cl2HfN2. The quantitative estimate of drug-likeness (QED) is 0.460. The molecule has 0 heterocycles. The minimum Gasteiger partial charge on any atom is -1.00 e. The minimum atomic E-state index is -0.533. The van der Waals surface area contributed by atoms with E-state index in [4.69, 9.17) is 0 Å². The molecular weight excluding hydrogens is 349 g/mol. The zero-order valence-corrected chi connectivity index (χ0v) is 12.7. The van der Waals surface area contributed by atoms with E-state index in [1.54, 1.807) is 0 Å². The summed E-state index contributed by atoms with van der Waals surface area (Å²) in [5.41, 5.74) is 0. The van der Waals surface area contributed by atoms with E-state index in [-0.39, 0.29) is 24.8 Å². The molecule has 0 aliphatic heterocycles. The molecule has 0 bridgehead atoms. The molecule has 0 aliphatic rings. The average Bonchev–Trinajstić information content (AvgIpc) is 1.87. The largest absolute Gasteiger partial charge is 1.00 e. The van der Waals surface area contributed by atoms with Crippen molar-refractivity contribution in [3.63, 3.8) is 0 Å². The van der Waals surface area contributed by atoms with Gasteiger partial charge in [0.25, 0.3) is 0 Å². The first kappa shape index (κ1) is 18.2. The zero-order valence-electron chi connectivity index (χ0n) is 7.56. The predicted molar refractivity (Wildman–Crippen MR) is 36.6 cm³/mol. The summed E-state index contributed by atoms with van der Waals surface area (Å²) in [6.45, 7) is 6.87. The topological polar surface area (TPSA) is 6.48 Å². The second-order valence-electron chi connectivity index (χ2n) is 2.13. The van der Waals surface area contributed by atoms with Crippen LogP contribution in [0.5, 0.6) is 0 Å². The molecule has 0 saturated heterocycles. The van der Waals surface area contributed by atoms with Crippen molar-refractivity contribution in [1.29, 1.82) is 0 Å². The number of hydrogen-bond acceptors (Lipinski definition) is 2. The molecule has 0 N–H and O–H groups in total. The molecule has 0 aromatic heterocycles.